The molecule has 7 nitrogen and oxygen atoms in total. The fourth-order valence-corrected chi connectivity index (χ4v) is 2.63. The van der Waals surface area contributed by atoms with Gasteiger partial charge in [-0.25, -0.2) is 4.39 Å². The second-order valence-electron chi connectivity index (χ2n) is 6.39. The largest absolute Gasteiger partial charge is 0.467 e. The molecule has 0 unspecified atom stereocenters. The summed E-state index contributed by atoms with van der Waals surface area (Å²) in [5.41, 5.74) is 0.774. The first-order valence-corrected chi connectivity index (χ1v) is 9.65. The quantitative estimate of drug-likeness (QED) is 0.171. The third kappa shape index (κ3) is 8.54. The Morgan fingerprint density at radius 2 is 2.10 bits per heavy atom. The van der Waals surface area contributed by atoms with Gasteiger partial charge in [-0.15, -0.1) is 24.0 Å². The minimum absolute atomic E-state index is 0. The smallest absolute Gasteiger partial charge is 0.191 e. The van der Waals surface area contributed by atoms with Crippen molar-refractivity contribution in [1.82, 2.24) is 15.6 Å². The van der Waals surface area contributed by atoms with Gasteiger partial charge in [0.15, 0.2) is 17.5 Å². The molecule has 9 heteroatoms. The number of nitrogens with zero attached hydrogens (tertiary/aromatic N) is 2. The summed E-state index contributed by atoms with van der Waals surface area (Å²) in [5, 5.41) is 6.36. The molecule has 0 atom stereocenters. The topological polar surface area (TPSA) is 80.9 Å². The molecule has 0 saturated carbocycles. The molecule has 0 radical (unpaired) electrons. The number of benzene rings is 1. The minimum atomic E-state index is -0.435. The van der Waals surface area contributed by atoms with Crippen LogP contribution in [0.3, 0.4) is 0 Å². The summed E-state index contributed by atoms with van der Waals surface area (Å²) in [7, 11) is 1.69. The molecule has 0 bridgehead atoms. The van der Waals surface area contributed by atoms with Gasteiger partial charge in [0.25, 0.3) is 0 Å². The highest BCUT2D eigenvalue weighted by atomic mass is 127. The van der Waals surface area contributed by atoms with E-state index in [-0.39, 0.29) is 29.7 Å². The lowest BCUT2D eigenvalue weighted by molar-refractivity contribution is 0.105. The van der Waals surface area contributed by atoms with Crippen molar-refractivity contribution in [2.24, 2.45) is 4.99 Å². The second-order valence-corrected chi connectivity index (χ2v) is 6.39. The van der Waals surface area contributed by atoms with Crippen LogP contribution in [0.1, 0.15) is 17.7 Å². The van der Waals surface area contributed by atoms with Crippen LogP contribution in [-0.4, -0.2) is 31.1 Å². The van der Waals surface area contributed by atoms with E-state index >= 15 is 0 Å². The fourth-order valence-electron chi connectivity index (χ4n) is 2.63. The first-order chi connectivity index (χ1) is 14.7. The predicted molar refractivity (Wildman–Crippen MR) is 127 cm³/mol. The van der Waals surface area contributed by atoms with Crippen molar-refractivity contribution in [2.45, 2.75) is 19.6 Å². The molecule has 31 heavy (non-hydrogen) atoms. The van der Waals surface area contributed by atoms with Crippen LogP contribution in [0.15, 0.2) is 70.5 Å². The zero-order chi connectivity index (χ0) is 21.0. The van der Waals surface area contributed by atoms with Crippen LogP contribution in [0.25, 0.3) is 0 Å². The summed E-state index contributed by atoms with van der Waals surface area (Å²) in [5.74, 6) is 1.65. The van der Waals surface area contributed by atoms with E-state index in [1.807, 2.05) is 12.1 Å². The number of hydrogen-bond donors (Lipinski definition) is 2. The van der Waals surface area contributed by atoms with E-state index in [0.717, 1.165) is 17.7 Å². The molecule has 1 aromatic carbocycles. The predicted octanol–water partition coefficient (Wildman–Crippen LogP) is 4.50. The van der Waals surface area contributed by atoms with Gasteiger partial charge in [-0.05, 0) is 48.4 Å². The van der Waals surface area contributed by atoms with Gasteiger partial charge in [0, 0.05) is 32.9 Å². The van der Waals surface area contributed by atoms with E-state index in [9.17, 15) is 4.39 Å². The number of aromatic nitrogens is 1. The zero-order valence-corrected chi connectivity index (χ0v) is 19.5. The van der Waals surface area contributed by atoms with Gasteiger partial charge >= 0.3 is 0 Å². The van der Waals surface area contributed by atoms with E-state index in [2.05, 4.69) is 20.6 Å². The highest BCUT2D eigenvalue weighted by Crippen LogP contribution is 2.24. The standard InChI is InChI=1S/C22H25FN4O3.HI/c1-24-22(26-10-4-11-28-16-19-6-3-12-29-19)27-14-17-7-8-21(20(23)13-17)30-18-5-2-9-25-15-18;/h2-3,5-9,12-13,15H,4,10-11,14,16H2,1H3,(H2,24,26,27);1H. The van der Waals surface area contributed by atoms with Gasteiger partial charge in [-0.2, -0.15) is 0 Å². The highest BCUT2D eigenvalue weighted by molar-refractivity contribution is 14.0. The molecular formula is C22H26FIN4O3. The summed E-state index contributed by atoms with van der Waals surface area (Å²) in [6.45, 7) is 2.20. The van der Waals surface area contributed by atoms with Crippen molar-refractivity contribution in [3.8, 4) is 11.5 Å². The molecule has 2 heterocycles. The third-order valence-electron chi connectivity index (χ3n) is 4.12. The Labute approximate surface area is 198 Å². The number of ether oxygens (including phenoxy) is 2. The molecule has 3 aromatic rings. The van der Waals surface area contributed by atoms with Crippen LogP contribution < -0.4 is 15.4 Å². The lowest BCUT2D eigenvalue weighted by Crippen LogP contribution is -2.37. The van der Waals surface area contributed by atoms with Gasteiger partial charge in [-0.1, -0.05) is 6.07 Å². The Kier molecular flexibility index (Phi) is 10.8. The van der Waals surface area contributed by atoms with Crippen LogP contribution in [0.2, 0.25) is 0 Å². The van der Waals surface area contributed by atoms with Crippen LogP contribution in [-0.2, 0) is 17.9 Å². The number of furan rings is 1. The van der Waals surface area contributed by atoms with Crippen molar-refractivity contribution >= 4 is 29.9 Å². The molecule has 0 spiro atoms. The van der Waals surface area contributed by atoms with Crippen molar-refractivity contribution in [2.75, 3.05) is 20.2 Å². The van der Waals surface area contributed by atoms with Crippen molar-refractivity contribution in [3.63, 3.8) is 0 Å². The Bertz CT molecular complexity index is 924. The maximum absolute atomic E-state index is 14.3. The fraction of sp³-hybridized carbons (Fsp3) is 0.273. The number of guanidine groups is 1. The number of hydrogen-bond acceptors (Lipinski definition) is 5. The first-order valence-electron chi connectivity index (χ1n) is 9.65. The number of pyridine rings is 1. The summed E-state index contributed by atoms with van der Waals surface area (Å²) < 4.78 is 30.6. The maximum Gasteiger partial charge on any atom is 0.191 e. The number of rotatable bonds is 10. The third-order valence-corrected chi connectivity index (χ3v) is 4.12. The molecule has 0 fully saturated rings. The Balaban J connectivity index is 0.00000341. The van der Waals surface area contributed by atoms with Gasteiger partial charge in [0.05, 0.1) is 12.5 Å². The van der Waals surface area contributed by atoms with E-state index in [1.165, 1.54) is 12.3 Å². The van der Waals surface area contributed by atoms with E-state index in [1.54, 1.807) is 43.8 Å². The average Bonchev–Trinajstić information content (AvgIpc) is 3.29. The Morgan fingerprint density at radius 1 is 1.19 bits per heavy atom. The van der Waals surface area contributed by atoms with Gasteiger partial charge in [-0.3, -0.25) is 9.98 Å². The van der Waals surface area contributed by atoms with Gasteiger partial charge < -0.3 is 24.5 Å². The summed E-state index contributed by atoms with van der Waals surface area (Å²) in [6.07, 6.45) is 5.61. The summed E-state index contributed by atoms with van der Waals surface area (Å²) in [6, 6.07) is 12.0. The lowest BCUT2D eigenvalue weighted by Gasteiger charge is -2.13. The Morgan fingerprint density at radius 3 is 2.81 bits per heavy atom. The molecule has 166 valence electrons. The normalized spacial score (nSPS) is 11.0. The molecule has 0 amide bonds. The molecule has 2 N–H and O–H groups in total. The summed E-state index contributed by atoms with van der Waals surface area (Å²) >= 11 is 0. The monoisotopic (exact) mass is 540 g/mol. The SMILES string of the molecule is CN=C(NCCCOCc1ccco1)NCc1ccc(Oc2cccnc2)c(F)c1.I. The van der Waals surface area contributed by atoms with E-state index in [4.69, 9.17) is 13.9 Å². The molecule has 0 aliphatic heterocycles. The molecule has 2 aromatic heterocycles. The lowest BCUT2D eigenvalue weighted by atomic mass is 10.2. The van der Waals surface area contributed by atoms with Crippen LogP contribution in [0.4, 0.5) is 4.39 Å². The summed E-state index contributed by atoms with van der Waals surface area (Å²) in [4.78, 5) is 8.12. The molecular weight excluding hydrogens is 514 g/mol. The van der Waals surface area contributed by atoms with Crippen LogP contribution in [0.5, 0.6) is 11.5 Å². The van der Waals surface area contributed by atoms with Crippen molar-refractivity contribution in [1.29, 1.82) is 0 Å². The van der Waals surface area contributed by atoms with Crippen molar-refractivity contribution < 1.29 is 18.3 Å². The highest BCUT2D eigenvalue weighted by Gasteiger charge is 2.07. The average molecular weight is 540 g/mol. The Hall–Kier alpha value is -2.66. The molecule has 0 aliphatic carbocycles. The van der Waals surface area contributed by atoms with E-state index in [0.29, 0.717) is 38.0 Å². The first kappa shape index (κ1) is 24.6. The van der Waals surface area contributed by atoms with Gasteiger partial charge in [0.1, 0.15) is 18.1 Å². The number of nitrogens with one attached hydrogen (secondary N) is 2. The zero-order valence-electron chi connectivity index (χ0n) is 17.2. The molecule has 0 aliphatic rings. The molecule has 3 rings (SSSR count). The number of aliphatic imine (C=N–C) groups is 1. The van der Waals surface area contributed by atoms with E-state index < -0.39 is 5.82 Å². The van der Waals surface area contributed by atoms with Crippen LogP contribution >= 0.6 is 24.0 Å². The maximum atomic E-state index is 14.3. The number of halogens is 2. The van der Waals surface area contributed by atoms with Crippen LogP contribution in [0, 0.1) is 5.82 Å². The molecule has 0 saturated heterocycles. The minimum Gasteiger partial charge on any atom is -0.467 e. The van der Waals surface area contributed by atoms with Gasteiger partial charge in [0.2, 0.25) is 0 Å². The second kappa shape index (κ2) is 13.6. The van der Waals surface area contributed by atoms with Crippen molar-refractivity contribution in [3.05, 3.63) is 78.3 Å².